The van der Waals surface area contributed by atoms with Crippen LogP contribution >= 0.6 is 0 Å². The molecule has 0 saturated heterocycles. The maximum Gasteiger partial charge on any atom is 0.437 e. The summed E-state index contributed by atoms with van der Waals surface area (Å²) < 4.78 is 8.44. The molecule has 10 nitrogen and oxygen atoms in total. The molecule has 0 bridgehead atoms. The van der Waals surface area contributed by atoms with Crippen LogP contribution in [-0.4, -0.2) is 30.7 Å². The first-order valence-electron chi connectivity index (χ1n) is 7.28. The Morgan fingerprint density at radius 2 is 1.96 bits per heavy atom. The molecule has 10 heteroatoms. The van der Waals surface area contributed by atoms with Crippen molar-refractivity contribution >= 4 is 17.1 Å². The fraction of sp³-hybridized carbons (Fsp3) is 0.267. The molecule has 0 amide bonds. The van der Waals surface area contributed by atoms with Gasteiger partial charge in [0.05, 0.1) is 13.7 Å². The van der Waals surface area contributed by atoms with Gasteiger partial charge in [-0.25, -0.2) is 9.36 Å². The summed E-state index contributed by atoms with van der Waals surface area (Å²) >= 11 is 0. The van der Waals surface area contributed by atoms with Gasteiger partial charge in [0.25, 0.3) is 5.52 Å². The Balaban J connectivity index is 2.32. The summed E-state index contributed by atoms with van der Waals surface area (Å²) in [5.74, 6) is 0.0884. The van der Waals surface area contributed by atoms with E-state index >= 15 is 0 Å². The molecule has 130 valence electrons. The standard InChI is InChI=1S/C15H15N5O5/c1-17-12-11(13(21)18(2)15(17)22)16-14(20(23)24)19(12)8-9-5-4-6-10(7-9)25-3/h4-7H,8H2,1-3H3. The Morgan fingerprint density at radius 1 is 1.24 bits per heavy atom. The highest BCUT2D eigenvalue weighted by Gasteiger charge is 2.28. The predicted octanol–water partition coefficient (Wildman–Crippen LogP) is 0.399. The maximum absolute atomic E-state index is 12.3. The molecule has 1 aromatic carbocycles. The highest BCUT2D eigenvalue weighted by atomic mass is 16.6. The van der Waals surface area contributed by atoms with Crippen LogP contribution in [0.5, 0.6) is 5.75 Å². The fourth-order valence-electron chi connectivity index (χ4n) is 2.72. The molecule has 3 rings (SSSR count). The van der Waals surface area contributed by atoms with Crippen LogP contribution in [-0.2, 0) is 20.6 Å². The number of rotatable bonds is 4. The third-order valence-corrected chi connectivity index (χ3v) is 3.96. The van der Waals surface area contributed by atoms with Gasteiger partial charge in [0.2, 0.25) is 5.65 Å². The van der Waals surface area contributed by atoms with Gasteiger partial charge < -0.3 is 14.9 Å². The van der Waals surface area contributed by atoms with E-state index in [0.29, 0.717) is 11.3 Å². The smallest absolute Gasteiger partial charge is 0.437 e. The van der Waals surface area contributed by atoms with Gasteiger partial charge in [-0.15, -0.1) is 0 Å². The summed E-state index contributed by atoms with van der Waals surface area (Å²) in [6, 6.07) is 6.97. The molecule has 0 fully saturated rings. The number of nitro groups is 1. The van der Waals surface area contributed by atoms with Crippen LogP contribution in [0.15, 0.2) is 33.9 Å². The predicted molar refractivity (Wildman–Crippen MR) is 89.0 cm³/mol. The number of fused-ring (bicyclic) bond motifs is 1. The second-order valence-corrected chi connectivity index (χ2v) is 5.48. The van der Waals surface area contributed by atoms with Crippen molar-refractivity contribution < 1.29 is 9.66 Å². The van der Waals surface area contributed by atoms with E-state index < -0.39 is 22.1 Å². The summed E-state index contributed by atoms with van der Waals surface area (Å²) in [4.78, 5) is 39.0. The summed E-state index contributed by atoms with van der Waals surface area (Å²) in [6.45, 7) is 0.0600. The zero-order valence-electron chi connectivity index (χ0n) is 13.8. The van der Waals surface area contributed by atoms with E-state index in [4.69, 9.17) is 4.74 Å². The normalized spacial score (nSPS) is 11.0. The Hall–Kier alpha value is -3.43. The highest BCUT2D eigenvalue weighted by molar-refractivity contribution is 5.72. The van der Waals surface area contributed by atoms with Crippen LogP contribution in [0.1, 0.15) is 5.56 Å². The first-order valence-corrected chi connectivity index (χ1v) is 7.28. The average molecular weight is 345 g/mol. The molecule has 2 aromatic heterocycles. The van der Waals surface area contributed by atoms with Gasteiger partial charge in [0, 0.05) is 14.1 Å². The molecule has 0 atom stereocenters. The molecule has 0 saturated carbocycles. The number of hydrogen-bond donors (Lipinski definition) is 0. The van der Waals surface area contributed by atoms with Crippen LogP contribution in [0.4, 0.5) is 5.95 Å². The van der Waals surface area contributed by atoms with Gasteiger partial charge >= 0.3 is 17.2 Å². The molecule has 2 heterocycles. The van der Waals surface area contributed by atoms with E-state index in [1.807, 2.05) is 0 Å². The molecule has 0 unspecified atom stereocenters. The molecule has 25 heavy (non-hydrogen) atoms. The van der Waals surface area contributed by atoms with Crippen molar-refractivity contribution in [2.75, 3.05) is 7.11 Å². The highest BCUT2D eigenvalue weighted by Crippen LogP contribution is 2.21. The van der Waals surface area contributed by atoms with Gasteiger partial charge in [-0.3, -0.25) is 13.9 Å². The van der Waals surface area contributed by atoms with Crippen molar-refractivity contribution in [1.29, 1.82) is 0 Å². The van der Waals surface area contributed by atoms with E-state index in [1.165, 1.54) is 30.3 Å². The number of benzene rings is 1. The maximum atomic E-state index is 12.3. The summed E-state index contributed by atoms with van der Waals surface area (Å²) in [7, 11) is 4.26. The van der Waals surface area contributed by atoms with E-state index in [2.05, 4.69) is 4.98 Å². The van der Waals surface area contributed by atoms with Crippen LogP contribution in [0, 0.1) is 10.1 Å². The second-order valence-electron chi connectivity index (χ2n) is 5.48. The first-order chi connectivity index (χ1) is 11.8. The number of aromatic nitrogens is 4. The van der Waals surface area contributed by atoms with Crippen LogP contribution < -0.4 is 16.0 Å². The monoisotopic (exact) mass is 345 g/mol. The minimum atomic E-state index is -0.676. The third-order valence-electron chi connectivity index (χ3n) is 3.96. The van der Waals surface area contributed by atoms with E-state index in [-0.39, 0.29) is 17.7 Å². The van der Waals surface area contributed by atoms with Crippen LogP contribution in [0.2, 0.25) is 0 Å². The number of methoxy groups -OCH3 is 1. The lowest BCUT2D eigenvalue weighted by atomic mass is 10.2. The molecule has 0 spiro atoms. The zero-order valence-corrected chi connectivity index (χ0v) is 13.8. The van der Waals surface area contributed by atoms with Crippen molar-refractivity contribution in [3.8, 4) is 5.75 Å². The lowest BCUT2D eigenvalue weighted by Gasteiger charge is -2.07. The summed E-state index contributed by atoms with van der Waals surface area (Å²) in [5, 5.41) is 11.4. The van der Waals surface area contributed by atoms with Gasteiger partial charge in [-0.2, -0.15) is 0 Å². The largest absolute Gasteiger partial charge is 0.497 e. The number of hydrogen-bond acceptors (Lipinski definition) is 6. The quantitative estimate of drug-likeness (QED) is 0.499. The van der Waals surface area contributed by atoms with Crippen LogP contribution in [0.3, 0.4) is 0 Å². The minimum absolute atomic E-state index is 0.0600. The SMILES string of the molecule is COc1cccc(Cn2c([N+](=O)[O-])nc3c(=O)n(C)c(=O)n(C)c32)c1. The lowest BCUT2D eigenvalue weighted by Crippen LogP contribution is -2.37. The molecule has 0 aliphatic carbocycles. The fourth-order valence-corrected chi connectivity index (χ4v) is 2.72. The summed E-state index contributed by atoms with van der Waals surface area (Å²) in [5.41, 5.74) is -0.582. The molecular weight excluding hydrogens is 330 g/mol. The molecule has 0 radical (unpaired) electrons. The van der Waals surface area contributed by atoms with E-state index in [9.17, 15) is 19.7 Å². The molecule has 0 N–H and O–H groups in total. The topological polar surface area (TPSA) is 114 Å². The Morgan fingerprint density at radius 3 is 2.60 bits per heavy atom. The van der Waals surface area contributed by atoms with Crippen LogP contribution in [0.25, 0.3) is 11.2 Å². The number of nitrogens with zero attached hydrogens (tertiary/aromatic N) is 5. The molecule has 0 aliphatic heterocycles. The Labute approximate surface area is 140 Å². The van der Waals surface area contributed by atoms with Crippen molar-refractivity contribution in [3.63, 3.8) is 0 Å². The average Bonchev–Trinajstić information content (AvgIpc) is 2.98. The summed E-state index contributed by atoms with van der Waals surface area (Å²) in [6.07, 6.45) is 0. The minimum Gasteiger partial charge on any atom is -0.497 e. The van der Waals surface area contributed by atoms with Gasteiger partial charge in [0.15, 0.2) is 0 Å². The first kappa shape index (κ1) is 16.4. The number of imidazole rings is 1. The van der Waals surface area contributed by atoms with E-state index in [1.54, 1.807) is 24.3 Å². The van der Waals surface area contributed by atoms with E-state index in [0.717, 1.165) is 4.57 Å². The number of aryl methyl sites for hydroxylation is 1. The van der Waals surface area contributed by atoms with Gasteiger partial charge in [0.1, 0.15) is 5.75 Å². The van der Waals surface area contributed by atoms with Crippen molar-refractivity contribution in [1.82, 2.24) is 18.7 Å². The third kappa shape index (κ3) is 2.57. The van der Waals surface area contributed by atoms with Crippen molar-refractivity contribution in [2.24, 2.45) is 14.1 Å². The molecule has 3 aromatic rings. The second kappa shape index (κ2) is 5.89. The van der Waals surface area contributed by atoms with Crippen molar-refractivity contribution in [3.05, 3.63) is 60.8 Å². The van der Waals surface area contributed by atoms with Crippen molar-refractivity contribution in [2.45, 2.75) is 6.54 Å². The zero-order chi connectivity index (χ0) is 18.3. The van der Waals surface area contributed by atoms with Gasteiger partial charge in [-0.05, 0) is 22.6 Å². The van der Waals surface area contributed by atoms with Gasteiger partial charge in [-0.1, -0.05) is 17.1 Å². The Bertz CT molecular complexity index is 1110. The Kier molecular flexibility index (Phi) is 3.87. The number of ether oxygens (including phenoxy) is 1. The lowest BCUT2D eigenvalue weighted by molar-refractivity contribution is -0.396. The molecule has 0 aliphatic rings. The molecular formula is C15H15N5O5.